The molecule has 0 fully saturated rings. The minimum absolute atomic E-state index is 0.122. The van der Waals surface area contributed by atoms with E-state index in [-0.39, 0.29) is 5.92 Å². The Balaban J connectivity index is 3.86. The summed E-state index contributed by atoms with van der Waals surface area (Å²) in [5, 5.41) is 9.73. The standard InChI is InChI=1S/C31H62O2/c1-6-7-8-9-10-11-12-13-14-15-16-17-18-19-20-30(31(32)33)26-25-29(23-21-27(2)3)24-22-28(4)5/h27-30H,6-26H2,1-5H3,(H,32,33). The number of carboxylic acids is 1. The van der Waals surface area contributed by atoms with Crippen molar-refractivity contribution >= 4 is 5.97 Å². The molecule has 0 saturated carbocycles. The SMILES string of the molecule is CCCCCCCCCCCCCCCCC(CCC(CCC(C)C)CCC(C)C)C(=O)O. The predicted molar refractivity (Wildman–Crippen MR) is 147 cm³/mol. The van der Waals surface area contributed by atoms with Gasteiger partial charge in [-0.2, -0.15) is 0 Å². The van der Waals surface area contributed by atoms with Crippen LogP contribution in [0.2, 0.25) is 0 Å². The molecular formula is C31H62O2. The van der Waals surface area contributed by atoms with Crippen molar-refractivity contribution in [2.24, 2.45) is 23.7 Å². The normalized spacial score (nSPS) is 12.8. The summed E-state index contributed by atoms with van der Waals surface area (Å²) in [6.45, 7) is 11.5. The van der Waals surface area contributed by atoms with E-state index in [1.165, 1.54) is 109 Å². The molecule has 2 nitrogen and oxygen atoms in total. The molecule has 198 valence electrons. The second-order valence-electron chi connectivity index (χ2n) is 11.8. The molecule has 33 heavy (non-hydrogen) atoms. The van der Waals surface area contributed by atoms with Gasteiger partial charge < -0.3 is 5.11 Å². The monoisotopic (exact) mass is 466 g/mol. The summed E-state index contributed by atoms with van der Waals surface area (Å²) in [6.07, 6.45) is 27.0. The van der Waals surface area contributed by atoms with Gasteiger partial charge in [0.15, 0.2) is 0 Å². The Morgan fingerprint density at radius 2 is 0.879 bits per heavy atom. The van der Waals surface area contributed by atoms with Crippen molar-refractivity contribution in [1.82, 2.24) is 0 Å². The average molecular weight is 467 g/mol. The highest BCUT2D eigenvalue weighted by molar-refractivity contribution is 5.69. The first kappa shape index (κ1) is 32.5. The van der Waals surface area contributed by atoms with Gasteiger partial charge in [0.05, 0.1) is 5.92 Å². The Kier molecular flexibility index (Phi) is 22.9. The molecular weight excluding hydrogens is 404 g/mol. The first-order chi connectivity index (χ1) is 15.9. The molecule has 0 aromatic rings. The first-order valence-corrected chi connectivity index (χ1v) is 15.1. The Morgan fingerprint density at radius 3 is 1.24 bits per heavy atom. The molecule has 0 radical (unpaired) electrons. The smallest absolute Gasteiger partial charge is 0.306 e. The molecule has 0 saturated heterocycles. The highest BCUT2D eigenvalue weighted by Gasteiger charge is 2.20. The highest BCUT2D eigenvalue weighted by atomic mass is 16.4. The van der Waals surface area contributed by atoms with Crippen molar-refractivity contribution in [3.63, 3.8) is 0 Å². The van der Waals surface area contributed by atoms with E-state index in [1.54, 1.807) is 0 Å². The zero-order valence-corrected chi connectivity index (χ0v) is 23.5. The molecule has 0 aliphatic heterocycles. The van der Waals surface area contributed by atoms with Gasteiger partial charge in [-0.1, -0.05) is 150 Å². The Labute approximate surface area is 209 Å². The van der Waals surface area contributed by atoms with Crippen LogP contribution in [0.4, 0.5) is 0 Å². The molecule has 0 spiro atoms. The molecule has 0 aliphatic carbocycles. The minimum Gasteiger partial charge on any atom is -0.481 e. The van der Waals surface area contributed by atoms with E-state index in [4.69, 9.17) is 0 Å². The van der Waals surface area contributed by atoms with Gasteiger partial charge in [0.1, 0.15) is 0 Å². The topological polar surface area (TPSA) is 37.3 Å². The van der Waals surface area contributed by atoms with Crippen molar-refractivity contribution in [3.05, 3.63) is 0 Å². The lowest BCUT2D eigenvalue weighted by molar-refractivity contribution is -0.142. The number of carbonyl (C=O) groups is 1. The van der Waals surface area contributed by atoms with Gasteiger partial charge in [-0.25, -0.2) is 0 Å². The molecule has 0 amide bonds. The number of rotatable bonds is 25. The lowest BCUT2D eigenvalue weighted by atomic mass is 9.85. The van der Waals surface area contributed by atoms with E-state index in [0.717, 1.165) is 37.5 Å². The molecule has 0 rings (SSSR count). The Hall–Kier alpha value is -0.530. The summed E-state index contributed by atoms with van der Waals surface area (Å²) in [5.74, 6) is 1.53. The van der Waals surface area contributed by atoms with Crippen LogP contribution in [0.25, 0.3) is 0 Å². The van der Waals surface area contributed by atoms with Gasteiger partial charge in [-0.05, 0) is 37.0 Å². The van der Waals surface area contributed by atoms with E-state index in [9.17, 15) is 9.90 Å². The predicted octanol–water partition coefficient (Wildman–Crippen LogP) is 10.8. The quantitative estimate of drug-likeness (QED) is 0.136. The van der Waals surface area contributed by atoms with Crippen LogP contribution in [0, 0.1) is 23.7 Å². The zero-order chi connectivity index (χ0) is 24.7. The van der Waals surface area contributed by atoms with E-state index in [1.807, 2.05) is 0 Å². The lowest BCUT2D eigenvalue weighted by Gasteiger charge is -2.21. The number of hydrogen-bond donors (Lipinski definition) is 1. The van der Waals surface area contributed by atoms with Crippen molar-refractivity contribution in [2.75, 3.05) is 0 Å². The van der Waals surface area contributed by atoms with Crippen LogP contribution in [0.1, 0.15) is 169 Å². The lowest BCUT2D eigenvalue weighted by Crippen LogP contribution is -2.16. The van der Waals surface area contributed by atoms with Crippen molar-refractivity contribution in [2.45, 2.75) is 169 Å². The van der Waals surface area contributed by atoms with E-state index in [2.05, 4.69) is 34.6 Å². The van der Waals surface area contributed by atoms with Crippen LogP contribution in [-0.2, 0) is 4.79 Å². The molecule has 0 aromatic heterocycles. The molecule has 2 heteroatoms. The summed E-state index contributed by atoms with van der Waals surface area (Å²) in [7, 11) is 0. The zero-order valence-electron chi connectivity index (χ0n) is 23.5. The highest BCUT2D eigenvalue weighted by Crippen LogP contribution is 2.27. The third-order valence-corrected chi connectivity index (χ3v) is 7.48. The summed E-state index contributed by atoms with van der Waals surface area (Å²) >= 11 is 0. The maximum atomic E-state index is 11.8. The molecule has 1 N–H and O–H groups in total. The van der Waals surface area contributed by atoms with Gasteiger partial charge in [-0.15, -0.1) is 0 Å². The van der Waals surface area contributed by atoms with Crippen molar-refractivity contribution < 1.29 is 9.90 Å². The second-order valence-corrected chi connectivity index (χ2v) is 11.8. The summed E-state index contributed by atoms with van der Waals surface area (Å²) < 4.78 is 0. The number of aliphatic carboxylic acids is 1. The van der Waals surface area contributed by atoms with Crippen LogP contribution in [0.5, 0.6) is 0 Å². The Morgan fingerprint density at radius 1 is 0.515 bits per heavy atom. The van der Waals surface area contributed by atoms with Crippen LogP contribution in [-0.4, -0.2) is 11.1 Å². The largest absolute Gasteiger partial charge is 0.481 e. The fourth-order valence-electron chi connectivity index (χ4n) is 4.98. The maximum absolute atomic E-state index is 11.8. The minimum atomic E-state index is -0.559. The van der Waals surface area contributed by atoms with Gasteiger partial charge in [-0.3, -0.25) is 4.79 Å². The number of unbranched alkanes of at least 4 members (excludes halogenated alkanes) is 13. The molecule has 0 aliphatic rings. The van der Waals surface area contributed by atoms with Gasteiger partial charge >= 0.3 is 5.97 Å². The van der Waals surface area contributed by atoms with Gasteiger partial charge in [0, 0.05) is 0 Å². The molecule has 1 atom stereocenters. The van der Waals surface area contributed by atoms with Gasteiger partial charge in [0.25, 0.3) is 0 Å². The first-order valence-electron chi connectivity index (χ1n) is 15.1. The van der Waals surface area contributed by atoms with E-state index < -0.39 is 5.97 Å². The average Bonchev–Trinajstić information content (AvgIpc) is 2.76. The fraction of sp³-hybridized carbons (Fsp3) is 0.968. The third-order valence-electron chi connectivity index (χ3n) is 7.48. The summed E-state index contributed by atoms with van der Waals surface area (Å²) in [4.78, 5) is 11.8. The van der Waals surface area contributed by atoms with E-state index in [0.29, 0.717) is 5.92 Å². The number of carboxylic acid groups (broad SMARTS) is 1. The second kappa shape index (κ2) is 23.2. The van der Waals surface area contributed by atoms with Crippen molar-refractivity contribution in [1.29, 1.82) is 0 Å². The fourth-order valence-corrected chi connectivity index (χ4v) is 4.98. The molecule has 0 bridgehead atoms. The molecule has 0 heterocycles. The number of hydrogen-bond acceptors (Lipinski definition) is 1. The van der Waals surface area contributed by atoms with Crippen LogP contribution in [0.15, 0.2) is 0 Å². The summed E-state index contributed by atoms with van der Waals surface area (Å²) in [5.41, 5.74) is 0. The van der Waals surface area contributed by atoms with Gasteiger partial charge in [0.2, 0.25) is 0 Å². The molecule has 0 aromatic carbocycles. The van der Waals surface area contributed by atoms with Crippen LogP contribution < -0.4 is 0 Å². The van der Waals surface area contributed by atoms with Crippen molar-refractivity contribution in [3.8, 4) is 0 Å². The van der Waals surface area contributed by atoms with Crippen LogP contribution in [0.3, 0.4) is 0 Å². The van der Waals surface area contributed by atoms with E-state index >= 15 is 0 Å². The van der Waals surface area contributed by atoms with Crippen LogP contribution >= 0.6 is 0 Å². The third kappa shape index (κ3) is 23.0. The summed E-state index contributed by atoms with van der Waals surface area (Å²) in [6, 6.07) is 0. The molecule has 1 unspecified atom stereocenters. The maximum Gasteiger partial charge on any atom is 0.306 e. The Bertz CT molecular complexity index is 403.